The van der Waals surface area contributed by atoms with Crippen molar-refractivity contribution in [2.75, 3.05) is 0 Å². The molecule has 0 fully saturated rings. The molecule has 0 aliphatic heterocycles. The van der Waals surface area contributed by atoms with Crippen LogP contribution < -0.4 is 5.32 Å². The fourth-order valence-corrected chi connectivity index (χ4v) is 1.67. The fraction of sp³-hybridized carbons (Fsp3) is 0.143. The van der Waals surface area contributed by atoms with Crippen LogP contribution in [0.15, 0.2) is 40.8 Å². The number of amides is 1. The maximum Gasteiger partial charge on any atom is 0.371 e. The lowest BCUT2D eigenvalue weighted by Crippen LogP contribution is -2.24. The van der Waals surface area contributed by atoms with E-state index in [0.29, 0.717) is 11.3 Å². The molecule has 0 saturated carbocycles. The van der Waals surface area contributed by atoms with Crippen LogP contribution >= 0.6 is 0 Å². The maximum absolute atomic E-state index is 11.7. The van der Waals surface area contributed by atoms with E-state index in [1.54, 1.807) is 18.2 Å². The number of aromatic carboxylic acids is 1. The van der Waals surface area contributed by atoms with Gasteiger partial charge in [0.05, 0.1) is 13.0 Å². The number of benzene rings is 1. The van der Waals surface area contributed by atoms with E-state index in [4.69, 9.17) is 9.52 Å². The Labute approximate surface area is 114 Å². The topological polar surface area (TPSA) is 99.8 Å². The summed E-state index contributed by atoms with van der Waals surface area (Å²) in [4.78, 5) is 22.3. The number of carbonyl (C=O) groups excluding carboxylic acids is 1. The highest BCUT2D eigenvalue weighted by Gasteiger charge is 2.11. The number of furan rings is 1. The summed E-state index contributed by atoms with van der Waals surface area (Å²) >= 11 is 0. The number of carbonyl (C=O) groups is 2. The molecule has 1 amide bonds. The number of carboxylic acids is 1. The monoisotopic (exact) mass is 275 g/mol. The Bertz CT molecular complexity index is 632. The van der Waals surface area contributed by atoms with E-state index in [1.807, 2.05) is 0 Å². The first-order valence-corrected chi connectivity index (χ1v) is 5.92. The molecule has 6 nitrogen and oxygen atoms in total. The number of hydrogen-bond donors (Lipinski definition) is 3. The summed E-state index contributed by atoms with van der Waals surface area (Å²) in [6, 6.07) is 9.39. The van der Waals surface area contributed by atoms with Gasteiger partial charge >= 0.3 is 5.97 Å². The molecule has 2 aromatic rings. The van der Waals surface area contributed by atoms with Crippen molar-refractivity contribution < 1.29 is 24.2 Å². The smallest absolute Gasteiger partial charge is 0.371 e. The zero-order chi connectivity index (χ0) is 14.5. The van der Waals surface area contributed by atoms with Crippen molar-refractivity contribution >= 4 is 11.9 Å². The normalized spacial score (nSPS) is 10.2. The standard InChI is InChI=1S/C14H13NO5/c16-11-4-2-1-3-9(11)7-13(17)15-8-10-5-6-12(20-10)14(18)19/h1-6,16H,7-8H2,(H,15,17)(H,18,19). The van der Waals surface area contributed by atoms with E-state index in [-0.39, 0.29) is 30.4 Å². The quantitative estimate of drug-likeness (QED) is 0.768. The van der Waals surface area contributed by atoms with E-state index in [9.17, 15) is 14.7 Å². The van der Waals surface area contributed by atoms with Crippen LogP contribution in [-0.2, 0) is 17.8 Å². The highest BCUT2D eigenvalue weighted by Crippen LogP contribution is 2.16. The van der Waals surface area contributed by atoms with Crippen LogP contribution in [0.4, 0.5) is 0 Å². The number of phenols is 1. The minimum atomic E-state index is -1.16. The highest BCUT2D eigenvalue weighted by atomic mass is 16.4. The molecule has 0 bridgehead atoms. The molecular formula is C14H13NO5. The van der Waals surface area contributed by atoms with Gasteiger partial charge in [-0.3, -0.25) is 4.79 Å². The molecule has 2 rings (SSSR count). The van der Waals surface area contributed by atoms with Crippen molar-refractivity contribution in [3.8, 4) is 5.75 Å². The summed E-state index contributed by atoms with van der Waals surface area (Å²) in [5, 5.41) is 20.8. The molecule has 0 aliphatic rings. The molecule has 1 heterocycles. The number of hydrogen-bond acceptors (Lipinski definition) is 4. The predicted molar refractivity (Wildman–Crippen MR) is 69.3 cm³/mol. The van der Waals surface area contributed by atoms with Gasteiger partial charge in [0.1, 0.15) is 11.5 Å². The number of aromatic hydroxyl groups is 1. The zero-order valence-electron chi connectivity index (χ0n) is 10.5. The summed E-state index contributed by atoms with van der Waals surface area (Å²) in [6.07, 6.45) is 0.0408. The third kappa shape index (κ3) is 3.38. The molecule has 1 aromatic carbocycles. The van der Waals surface area contributed by atoms with Crippen molar-refractivity contribution in [2.24, 2.45) is 0 Å². The van der Waals surface area contributed by atoms with Crippen LogP contribution in [0.25, 0.3) is 0 Å². The van der Waals surface area contributed by atoms with Gasteiger partial charge in [0.2, 0.25) is 11.7 Å². The number of rotatable bonds is 5. The summed E-state index contributed by atoms with van der Waals surface area (Å²) < 4.78 is 5.01. The largest absolute Gasteiger partial charge is 0.508 e. The molecule has 0 saturated heterocycles. The van der Waals surface area contributed by atoms with Gasteiger partial charge in [-0.15, -0.1) is 0 Å². The summed E-state index contributed by atoms with van der Waals surface area (Å²) in [7, 11) is 0. The minimum absolute atomic E-state index is 0.0408. The third-order valence-electron chi connectivity index (χ3n) is 2.67. The van der Waals surface area contributed by atoms with Gasteiger partial charge in [-0.2, -0.15) is 0 Å². The lowest BCUT2D eigenvalue weighted by Gasteiger charge is -2.05. The van der Waals surface area contributed by atoms with E-state index >= 15 is 0 Å². The summed E-state index contributed by atoms with van der Waals surface area (Å²) in [6.45, 7) is 0.0969. The average Bonchev–Trinajstić information content (AvgIpc) is 2.88. The molecule has 3 N–H and O–H groups in total. The lowest BCUT2D eigenvalue weighted by molar-refractivity contribution is -0.120. The number of nitrogens with one attached hydrogen (secondary N) is 1. The van der Waals surface area contributed by atoms with Crippen molar-refractivity contribution in [1.82, 2.24) is 5.32 Å². The first kappa shape index (κ1) is 13.7. The Balaban J connectivity index is 1.89. The van der Waals surface area contributed by atoms with E-state index in [2.05, 4.69) is 5.32 Å². The van der Waals surface area contributed by atoms with Gasteiger partial charge in [-0.1, -0.05) is 18.2 Å². The Morgan fingerprint density at radius 3 is 2.55 bits per heavy atom. The van der Waals surface area contributed by atoms with E-state index in [0.717, 1.165) is 0 Å². The van der Waals surface area contributed by atoms with Crippen LogP contribution in [0.1, 0.15) is 21.9 Å². The SMILES string of the molecule is O=C(Cc1ccccc1O)NCc1ccc(C(=O)O)o1. The Hall–Kier alpha value is -2.76. The van der Waals surface area contributed by atoms with Gasteiger partial charge < -0.3 is 19.9 Å². The second-order valence-electron chi connectivity index (χ2n) is 4.15. The molecular weight excluding hydrogens is 262 g/mol. The average molecular weight is 275 g/mol. The van der Waals surface area contributed by atoms with Gasteiger partial charge in [-0.25, -0.2) is 4.79 Å². The molecule has 20 heavy (non-hydrogen) atoms. The van der Waals surface area contributed by atoms with Crippen LogP contribution in [0.3, 0.4) is 0 Å². The molecule has 0 aliphatic carbocycles. The first-order valence-electron chi connectivity index (χ1n) is 5.92. The Morgan fingerprint density at radius 2 is 1.90 bits per heavy atom. The predicted octanol–water partition coefficient (Wildman–Crippen LogP) is 1.54. The number of para-hydroxylation sites is 1. The minimum Gasteiger partial charge on any atom is -0.508 e. The van der Waals surface area contributed by atoms with Gasteiger partial charge in [-0.05, 0) is 18.2 Å². The Morgan fingerprint density at radius 1 is 1.15 bits per heavy atom. The van der Waals surface area contributed by atoms with Crippen molar-refractivity contribution in [3.05, 3.63) is 53.5 Å². The molecule has 104 valence electrons. The third-order valence-corrected chi connectivity index (χ3v) is 2.67. The first-order chi connectivity index (χ1) is 9.56. The van der Waals surface area contributed by atoms with Crippen molar-refractivity contribution in [3.63, 3.8) is 0 Å². The van der Waals surface area contributed by atoms with Gasteiger partial charge in [0, 0.05) is 5.56 Å². The van der Waals surface area contributed by atoms with Crippen LogP contribution in [0.5, 0.6) is 5.75 Å². The van der Waals surface area contributed by atoms with Gasteiger partial charge in [0.15, 0.2) is 0 Å². The molecule has 1 aromatic heterocycles. The molecule has 0 atom stereocenters. The van der Waals surface area contributed by atoms with Crippen LogP contribution in [-0.4, -0.2) is 22.1 Å². The maximum atomic E-state index is 11.7. The lowest BCUT2D eigenvalue weighted by atomic mass is 10.1. The second kappa shape index (κ2) is 5.92. The zero-order valence-corrected chi connectivity index (χ0v) is 10.5. The summed E-state index contributed by atoms with van der Waals surface area (Å²) in [5.74, 6) is -1.20. The van der Waals surface area contributed by atoms with Crippen molar-refractivity contribution in [2.45, 2.75) is 13.0 Å². The van der Waals surface area contributed by atoms with Crippen LogP contribution in [0, 0.1) is 0 Å². The summed E-state index contributed by atoms with van der Waals surface area (Å²) in [5.41, 5.74) is 0.524. The second-order valence-corrected chi connectivity index (χ2v) is 4.15. The molecule has 6 heteroatoms. The number of phenolic OH excluding ortho intramolecular Hbond substituents is 1. The Kier molecular flexibility index (Phi) is 4.05. The molecule has 0 spiro atoms. The molecule has 0 radical (unpaired) electrons. The van der Waals surface area contributed by atoms with Gasteiger partial charge in [0.25, 0.3) is 0 Å². The van der Waals surface area contributed by atoms with Crippen molar-refractivity contribution in [1.29, 1.82) is 0 Å². The van der Waals surface area contributed by atoms with Crippen LogP contribution in [0.2, 0.25) is 0 Å². The molecule has 0 unspecified atom stereocenters. The fourth-order valence-electron chi connectivity index (χ4n) is 1.67. The number of carboxylic acid groups (broad SMARTS) is 1. The van der Waals surface area contributed by atoms with E-state index < -0.39 is 5.97 Å². The highest BCUT2D eigenvalue weighted by molar-refractivity contribution is 5.84. The van der Waals surface area contributed by atoms with E-state index in [1.165, 1.54) is 18.2 Å².